The van der Waals surface area contributed by atoms with Crippen LogP contribution in [0.2, 0.25) is 0 Å². The topological polar surface area (TPSA) is 46.5 Å². The lowest BCUT2D eigenvalue weighted by atomic mass is 10.1. The first-order valence-corrected chi connectivity index (χ1v) is 8.13. The summed E-state index contributed by atoms with van der Waals surface area (Å²) in [5, 5.41) is 9.17. The van der Waals surface area contributed by atoms with E-state index in [-0.39, 0.29) is 5.57 Å². The number of carbonyl (C=O) groups is 1. The van der Waals surface area contributed by atoms with Crippen molar-refractivity contribution in [2.45, 2.75) is 84.2 Å². The minimum atomic E-state index is -0.824. The lowest BCUT2D eigenvalue weighted by molar-refractivity contribution is -0.140. The molecule has 0 aliphatic carbocycles. The normalized spacial score (nSPS) is 12.2. The molecule has 1 unspecified atom stereocenters. The van der Waals surface area contributed by atoms with Gasteiger partial charge in [0.15, 0.2) is 0 Å². The molecule has 0 heterocycles. The van der Waals surface area contributed by atoms with Crippen molar-refractivity contribution in [2.75, 3.05) is 6.61 Å². The fraction of sp³-hybridized carbons (Fsp3) is 0.824. The van der Waals surface area contributed by atoms with Crippen LogP contribution in [-0.2, 0) is 9.53 Å². The molecule has 1 atom stereocenters. The van der Waals surface area contributed by atoms with E-state index in [1.54, 1.807) is 0 Å². The Morgan fingerprint density at radius 2 is 1.45 bits per heavy atom. The Hall–Kier alpha value is -0.830. The van der Waals surface area contributed by atoms with Gasteiger partial charge < -0.3 is 9.84 Å². The summed E-state index contributed by atoms with van der Waals surface area (Å²) in [7, 11) is 0. The molecule has 0 aliphatic heterocycles. The molecule has 20 heavy (non-hydrogen) atoms. The summed E-state index contributed by atoms with van der Waals surface area (Å²) in [6.45, 7) is 7.69. The lowest BCUT2D eigenvalue weighted by Gasteiger charge is -2.08. The highest BCUT2D eigenvalue weighted by atomic mass is 16.5. The van der Waals surface area contributed by atoms with Crippen LogP contribution in [0.1, 0.15) is 78.1 Å². The molecule has 0 saturated carbocycles. The van der Waals surface area contributed by atoms with E-state index in [9.17, 15) is 4.79 Å². The Labute approximate surface area is 124 Å². The van der Waals surface area contributed by atoms with E-state index in [4.69, 9.17) is 9.84 Å². The maximum atomic E-state index is 11.4. The molecule has 0 fully saturated rings. The SMILES string of the molecule is C=C(C(=O)OCCCCCCCCCCCC)C(C)O. The smallest absolute Gasteiger partial charge is 0.336 e. The molecular formula is C17H32O3. The van der Waals surface area contributed by atoms with Crippen LogP contribution in [0.15, 0.2) is 12.2 Å². The van der Waals surface area contributed by atoms with Crippen LogP contribution in [0, 0.1) is 0 Å². The van der Waals surface area contributed by atoms with Gasteiger partial charge in [-0.15, -0.1) is 0 Å². The number of rotatable bonds is 13. The number of esters is 1. The summed E-state index contributed by atoms with van der Waals surface area (Å²) in [5.74, 6) is -0.476. The van der Waals surface area contributed by atoms with Crippen LogP contribution >= 0.6 is 0 Å². The molecule has 3 heteroatoms. The van der Waals surface area contributed by atoms with Gasteiger partial charge in [0.1, 0.15) is 0 Å². The van der Waals surface area contributed by atoms with Crippen molar-refractivity contribution in [3.05, 3.63) is 12.2 Å². The molecule has 0 rings (SSSR count). The Kier molecular flexibility index (Phi) is 12.6. The fourth-order valence-electron chi connectivity index (χ4n) is 2.02. The van der Waals surface area contributed by atoms with Crippen molar-refractivity contribution in [1.82, 2.24) is 0 Å². The number of ether oxygens (including phenoxy) is 1. The number of hydrogen-bond donors (Lipinski definition) is 1. The summed E-state index contributed by atoms with van der Waals surface area (Å²) in [4.78, 5) is 11.4. The molecule has 0 saturated heterocycles. The molecule has 0 aromatic heterocycles. The minimum absolute atomic E-state index is 0.136. The predicted octanol–water partition coefficient (Wildman–Crippen LogP) is 4.39. The van der Waals surface area contributed by atoms with Crippen molar-refractivity contribution in [3.63, 3.8) is 0 Å². The zero-order chi connectivity index (χ0) is 15.2. The molecule has 0 radical (unpaired) electrons. The van der Waals surface area contributed by atoms with Gasteiger partial charge in [0.25, 0.3) is 0 Å². The maximum Gasteiger partial charge on any atom is 0.336 e. The Morgan fingerprint density at radius 1 is 1.00 bits per heavy atom. The van der Waals surface area contributed by atoms with Gasteiger partial charge in [-0.25, -0.2) is 4.79 Å². The highest BCUT2D eigenvalue weighted by Gasteiger charge is 2.12. The molecule has 0 bridgehead atoms. The van der Waals surface area contributed by atoms with Gasteiger partial charge in [-0.2, -0.15) is 0 Å². The summed E-state index contributed by atoms with van der Waals surface area (Å²) in [6.07, 6.45) is 11.7. The second-order valence-corrected chi connectivity index (χ2v) is 5.52. The third kappa shape index (κ3) is 11.0. The second kappa shape index (κ2) is 13.2. The largest absolute Gasteiger partial charge is 0.462 e. The van der Waals surface area contributed by atoms with Crippen molar-refractivity contribution in [1.29, 1.82) is 0 Å². The first-order valence-electron chi connectivity index (χ1n) is 8.13. The molecule has 0 aromatic carbocycles. The van der Waals surface area contributed by atoms with Crippen LogP contribution in [0.3, 0.4) is 0 Å². The van der Waals surface area contributed by atoms with Crippen molar-refractivity contribution >= 4 is 5.97 Å². The quantitative estimate of drug-likeness (QED) is 0.310. The van der Waals surface area contributed by atoms with Crippen molar-refractivity contribution in [3.8, 4) is 0 Å². The first kappa shape index (κ1) is 19.2. The van der Waals surface area contributed by atoms with Crippen LogP contribution in [-0.4, -0.2) is 23.8 Å². The van der Waals surface area contributed by atoms with Gasteiger partial charge in [0.05, 0.1) is 18.3 Å². The van der Waals surface area contributed by atoms with Gasteiger partial charge in [-0.1, -0.05) is 71.3 Å². The predicted molar refractivity (Wildman–Crippen MR) is 83.6 cm³/mol. The molecule has 118 valence electrons. The highest BCUT2D eigenvalue weighted by Crippen LogP contribution is 2.10. The third-order valence-electron chi connectivity index (χ3n) is 3.50. The average Bonchev–Trinajstić information content (AvgIpc) is 2.43. The second-order valence-electron chi connectivity index (χ2n) is 5.52. The zero-order valence-electron chi connectivity index (χ0n) is 13.3. The van der Waals surface area contributed by atoms with Crippen LogP contribution in [0.5, 0.6) is 0 Å². The Balaban J connectivity index is 3.25. The van der Waals surface area contributed by atoms with Crippen LogP contribution in [0.4, 0.5) is 0 Å². The minimum Gasteiger partial charge on any atom is -0.462 e. The maximum absolute atomic E-state index is 11.4. The molecule has 0 aliphatic rings. The summed E-state index contributed by atoms with van der Waals surface area (Å²) >= 11 is 0. The standard InChI is InChI=1S/C17H32O3/c1-4-5-6-7-8-9-10-11-12-13-14-20-17(19)15(2)16(3)18/h16,18H,2,4-14H2,1,3H3. The van der Waals surface area contributed by atoms with E-state index in [0.29, 0.717) is 6.61 Å². The monoisotopic (exact) mass is 284 g/mol. The number of aliphatic hydroxyl groups is 1. The molecule has 0 amide bonds. The molecule has 1 N–H and O–H groups in total. The lowest BCUT2D eigenvalue weighted by Crippen LogP contribution is -2.16. The van der Waals surface area contributed by atoms with E-state index in [2.05, 4.69) is 13.5 Å². The van der Waals surface area contributed by atoms with Gasteiger partial charge in [-0.3, -0.25) is 0 Å². The van der Waals surface area contributed by atoms with Crippen molar-refractivity contribution < 1.29 is 14.6 Å². The number of aliphatic hydroxyl groups excluding tert-OH is 1. The molecular weight excluding hydrogens is 252 g/mol. The van der Waals surface area contributed by atoms with E-state index in [1.165, 1.54) is 58.3 Å². The fourth-order valence-corrected chi connectivity index (χ4v) is 2.02. The van der Waals surface area contributed by atoms with Gasteiger partial charge in [0.2, 0.25) is 0 Å². The Bertz CT molecular complexity index is 259. The molecule has 0 spiro atoms. The summed E-state index contributed by atoms with van der Waals surface area (Å²) in [5.41, 5.74) is 0.136. The van der Waals surface area contributed by atoms with Crippen LogP contribution in [0.25, 0.3) is 0 Å². The zero-order valence-corrected chi connectivity index (χ0v) is 13.3. The third-order valence-corrected chi connectivity index (χ3v) is 3.50. The average molecular weight is 284 g/mol. The van der Waals surface area contributed by atoms with E-state index < -0.39 is 12.1 Å². The first-order chi connectivity index (χ1) is 9.59. The van der Waals surface area contributed by atoms with E-state index in [0.717, 1.165) is 12.8 Å². The Morgan fingerprint density at radius 3 is 1.90 bits per heavy atom. The van der Waals surface area contributed by atoms with Gasteiger partial charge in [0, 0.05) is 0 Å². The molecule has 3 nitrogen and oxygen atoms in total. The van der Waals surface area contributed by atoms with Gasteiger partial charge >= 0.3 is 5.97 Å². The molecule has 0 aromatic rings. The number of hydrogen-bond acceptors (Lipinski definition) is 3. The van der Waals surface area contributed by atoms with Gasteiger partial charge in [-0.05, 0) is 13.3 Å². The van der Waals surface area contributed by atoms with E-state index >= 15 is 0 Å². The summed E-state index contributed by atoms with van der Waals surface area (Å²) in [6, 6.07) is 0. The number of carbonyl (C=O) groups excluding carboxylic acids is 1. The summed E-state index contributed by atoms with van der Waals surface area (Å²) < 4.78 is 5.04. The van der Waals surface area contributed by atoms with E-state index in [1.807, 2.05) is 0 Å². The van der Waals surface area contributed by atoms with Crippen molar-refractivity contribution in [2.24, 2.45) is 0 Å². The highest BCUT2D eigenvalue weighted by molar-refractivity contribution is 5.88. The number of unbranched alkanes of at least 4 members (excludes halogenated alkanes) is 9. The van der Waals surface area contributed by atoms with Crippen LogP contribution < -0.4 is 0 Å².